The zero-order chi connectivity index (χ0) is 21.7. The van der Waals surface area contributed by atoms with Gasteiger partial charge in [0.1, 0.15) is 6.61 Å². The second kappa shape index (κ2) is 10.4. The number of carbonyl (C=O) groups excluding carboxylic acids is 1. The number of rotatable bonds is 7. The zero-order valence-corrected chi connectivity index (χ0v) is 19.8. The second-order valence-electron chi connectivity index (χ2n) is 5.91. The first-order chi connectivity index (χ1) is 14.4. The molecule has 0 radical (unpaired) electrons. The lowest BCUT2D eigenvalue weighted by molar-refractivity contribution is -0.115. The van der Waals surface area contributed by atoms with Gasteiger partial charge in [-0.1, -0.05) is 57.9 Å². The number of ether oxygens (including phenoxy) is 2. The van der Waals surface area contributed by atoms with E-state index in [4.69, 9.17) is 32.7 Å². The molecule has 1 amide bonds. The lowest BCUT2D eigenvalue weighted by Gasteiger charge is -2.13. The lowest BCUT2D eigenvalue weighted by atomic mass is 10.2. The van der Waals surface area contributed by atoms with Gasteiger partial charge in [-0.2, -0.15) is 0 Å². The molecular weight excluding hydrogens is 511 g/mol. The molecule has 0 aliphatic carbocycles. The Morgan fingerprint density at radius 2 is 2.03 bits per heavy atom. The predicted molar refractivity (Wildman–Crippen MR) is 128 cm³/mol. The first-order valence-corrected chi connectivity index (χ1v) is 11.2. The number of halogens is 3. The smallest absolute Gasteiger partial charge is 0.264 e. The molecule has 2 aromatic carbocycles. The van der Waals surface area contributed by atoms with E-state index in [1.54, 1.807) is 36.4 Å². The Morgan fingerprint density at radius 3 is 2.77 bits per heavy atom. The molecule has 1 saturated heterocycles. The molecule has 1 fully saturated rings. The van der Waals surface area contributed by atoms with E-state index < -0.39 is 0 Å². The summed E-state index contributed by atoms with van der Waals surface area (Å²) >= 11 is 16.9. The molecule has 1 heterocycles. The van der Waals surface area contributed by atoms with Gasteiger partial charge in [-0.3, -0.25) is 4.79 Å². The van der Waals surface area contributed by atoms with Crippen molar-refractivity contribution < 1.29 is 14.3 Å². The molecule has 1 aliphatic heterocycles. The van der Waals surface area contributed by atoms with Crippen LogP contribution in [0.5, 0.6) is 11.5 Å². The highest BCUT2D eigenvalue weighted by atomic mass is 79.9. The summed E-state index contributed by atoms with van der Waals surface area (Å²) in [5, 5.41) is 3.89. The second-order valence-corrected chi connectivity index (χ2v) is 8.58. The Morgan fingerprint density at radius 1 is 1.27 bits per heavy atom. The van der Waals surface area contributed by atoms with Crippen LogP contribution in [0, 0.1) is 0 Å². The zero-order valence-electron chi connectivity index (χ0n) is 15.9. The van der Waals surface area contributed by atoms with E-state index in [9.17, 15) is 4.79 Å². The topological polar surface area (TPSA) is 59.9 Å². The maximum atomic E-state index is 12.4. The average Bonchev–Trinajstić information content (AvgIpc) is 3.05. The van der Waals surface area contributed by atoms with E-state index in [1.165, 1.54) is 11.8 Å². The Kier molecular flexibility index (Phi) is 7.88. The van der Waals surface area contributed by atoms with Crippen LogP contribution in [-0.2, 0) is 4.79 Å². The number of hydrogen-bond acceptors (Lipinski definition) is 5. The van der Waals surface area contributed by atoms with Crippen molar-refractivity contribution in [2.45, 2.75) is 6.92 Å². The van der Waals surface area contributed by atoms with Gasteiger partial charge in [0.05, 0.1) is 27.2 Å². The fraction of sp³-hybridized carbons (Fsp3) is 0.143. The third-order valence-corrected chi connectivity index (χ3v) is 6.22. The van der Waals surface area contributed by atoms with Crippen molar-refractivity contribution >= 4 is 73.7 Å². The summed E-state index contributed by atoms with van der Waals surface area (Å²) in [6.45, 7) is 6.38. The maximum Gasteiger partial charge on any atom is 0.264 e. The molecule has 0 atom stereocenters. The number of carbonyl (C=O) groups is 1. The summed E-state index contributed by atoms with van der Waals surface area (Å²) in [5.74, 6) is 0.915. The number of hydrogen-bond donors (Lipinski definition) is 1. The van der Waals surface area contributed by atoms with Crippen LogP contribution in [0.4, 0.5) is 5.69 Å². The minimum atomic E-state index is -0.256. The number of thioether (sulfide) groups is 1. The van der Waals surface area contributed by atoms with Crippen molar-refractivity contribution in [1.82, 2.24) is 5.32 Å². The Bertz CT molecular complexity index is 1060. The van der Waals surface area contributed by atoms with E-state index in [2.05, 4.69) is 32.8 Å². The molecular formula is C21H17BrCl2N2O3S. The molecule has 1 aliphatic rings. The fourth-order valence-corrected chi connectivity index (χ4v) is 4.10. The Labute approximate surface area is 197 Å². The van der Waals surface area contributed by atoms with Gasteiger partial charge in [0, 0.05) is 4.47 Å². The molecule has 3 rings (SSSR count). The van der Waals surface area contributed by atoms with Gasteiger partial charge in [0.2, 0.25) is 0 Å². The van der Waals surface area contributed by atoms with E-state index in [1.807, 2.05) is 13.0 Å². The van der Waals surface area contributed by atoms with Crippen LogP contribution < -0.4 is 14.8 Å². The molecule has 9 heteroatoms. The van der Waals surface area contributed by atoms with E-state index in [0.717, 1.165) is 10.0 Å². The summed E-state index contributed by atoms with van der Waals surface area (Å²) in [4.78, 5) is 17.3. The van der Waals surface area contributed by atoms with Crippen LogP contribution in [0.2, 0.25) is 10.0 Å². The minimum absolute atomic E-state index is 0.256. The normalized spacial score (nSPS) is 16.1. The van der Waals surface area contributed by atoms with Crippen LogP contribution in [0.1, 0.15) is 12.5 Å². The maximum absolute atomic E-state index is 12.4. The number of nitrogens with one attached hydrogen (secondary N) is 1. The van der Waals surface area contributed by atoms with Crippen LogP contribution in [0.15, 0.2) is 57.4 Å². The number of nitrogens with zero attached hydrogens (tertiary/aromatic N) is 1. The van der Waals surface area contributed by atoms with Gasteiger partial charge in [0.25, 0.3) is 5.91 Å². The molecule has 1 N–H and O–H groups in total. The van der Waals surface area contributed by atoms with Crippen molar-refractivity contribution in [1.29, 1.82) is 0 Å². The van der Waals surface area contributed by atoms with E-state index in [0.29, 0.717) is 50.5 Å². The van der Waals surface area contributed by atoms with Gasteiger partial charge in [0.15, 0.2) is 16.7 Å². The molecule has 0 unspecified atom stereocenters. The van der Waals surface area contributed by atoms with Crippen molar-refractivity contribution in [2.24, 2.45) is 4.99 Å². The Hall–Kier alpha value is -1.93. The first-order valence-electron chi connectivity index (χ1n) is 8.86. The van der Waals surface area contributed by atoms with Crippen molar-refractivity contribution in [3.05, 3.63) is 68.0 Å². The highest BCUT2D eigenvalue weighted by Gasteiger charge is 2.25. The summed E-state index contributed by atoms with van der Waals surface area (Å²) in [6, 6.07) is 8.76. The van der Waals surface area contributed by atoms with E-state index >= 15 is 0 Å². The van der Waals surface area contributed by atoms with Gasteiger partial charge in [-0.25, -0.2) is 4.99 Å². The average molecular weight is 528 g/mol. The number of benzene rings is 2. The Balaban J connectivity index is 1.90. The van der Waals surface area contributed by atoms with Crippen molar-refractivity contribution in [3.63, 3.8) is 0 Å². The quantitative estimate of drug-likeness (QED) is 0.325. The molecule has 30 heavy (non-hydrogen) atoms. The highest BCUT2D eigenvalue weighted by molar-refractivity contribution is 9.10. The largest absolute Gasteiger partial charge is 0.490 e. The standard InChI is InChI=1S/C21H17BrCl2N2O3S/c1-3-8-29-17-11-13(22)12(9-16(17)28-4-2)10-18-20(27)26-21(30-18)25-15-7-5-6-14(23)19(15)24/h3,5-7,9-11H,1,4,8H2,2H3,(H,25,26,27)/b18-10+. The predicted octanol–water partition coefficient (Wildman–Crippen LogP) is 6.61. The third-order valence-electron chi connectivity index (χ3n) is 3.81. The molecule has 156 valence electrons. The monoisotopic (exact) mass is 526 g/mol. The van der Waals surface area contributed by atoms with Crippen LogP contribution in [0.3, 0.4) is 0 Å². The molecule has 5 nitrogen and oxygen atoms in total. The highest BCUT2D eigenvalue weighted by Crippen LogP contribution is 2.38. The summed E-state index contributed by atoms with van der Waals surface area (Å²) in [6.07, 6.45) is 3.41. The van der Waals surface area contributed by atoms with Gasteiger partial charge in [-0.05, 0) is 54.6 Å². The summed E-state index contributed by atoms with van der Waals surface area (Å²) in [7, 11) is 0. The number of aliphatic imine (C=N–C) groups is 1. The van der Waals surface area contributed by atoms with Crippen molar-refractivity contribution in [3.8, 4) is 11.5 Å². The SMILES string of the molecule is C=CCOc1cc(Br)c(/C=C2/SC(=Nc3cccc(Cl)c3Cl)NC2=O)cc1OCC. The molecule has 0 spiro atoms. The first kappa shape index (κ1) is 22.7. The van der Waals surface area contributed by atoms with Crippen molar-refractivity contribution in [2.75, 3.05) is 13.2 Å². The van der Waals surface area contributed by atoms with Crippen LogP contribution >= 0.6 is 50.9 Å². The molecule has 2 aromatic rings. The summed E-state index contributed by atoms with van der Waals surface area (Å²) in [5.41, 5.74) is 1.25. The lowest BCUT2D eigenvalue weighted by Crippen LogP contribution is -2.19. The van der Waals surface area contributed by atoms with E-state index in [-0.39, 0.29) is 5.91 Å². The fourth-order valence-electron chi connectivity index (χ4n) is 2.50. The summed E-state index contributed by atoms with van der Waals surface area (Å²) < 4.78 is 12.1. The number of amidine groups is 1. The molecule has 0 saturated carbocycles. The minimum Gasteiger partial charge on any atom is -0.490 e. The van der Waals surface area contributed by atoms with Gasteiger partial charge in [-0.15, -0.1) is 0 Å². The molecule has 0 bridgehead atoms. The molecule has 0 aromatic heterocycles. The third kappa shape index (κ3) is 5.40. The van der Waals surface area contributed by atoms with Crippen LogP contribution in [0.25, 0.3) is 6.08 Å². The van der Waals surface area contributed by atoms with Crippen LogP contribution in [-0.4, -0.2) is 24.3 Å². The van der Waals surface area contributed by atoms with Gasteiger partial charge >= 0.3 is 0 Å². The van der Waals surface area contributed by atoms with Gasteiger partial charge < -0.3 is 14.8 Å². The number of amides is 1.